The van der Waals surface area contributed by atoms with E-state index in [0.29, 0.717) is 16.9 Å². The van der Waals surface area contributed by atoms with Gasteiger partial charge in [-0.25, -0.2) is 9.83 Å². The molecule has 0 radical (unpaired) electrons. The van der Waals surface area contributed by atoms with Crippen molar-refractivity contribution in [1.29, 1.82) is 1.43 Å². The summed E-state index contributed by atoms with van der Waals surface area (Å²) >= 11 is 12.1. The molecule has 3 aromatic heterocycles. The minimum Gasteiger partial charge on any atom is -0.518 e. The standard InChI is InChI=1S/C18H14Cl2N4O3/c1-8(2)12-14(9(7-25)4-5-22-12)24-17-10(6-11(19)16(20)23-17)15(26)13(21-3)18(24)27/h4-6,8,25-26H,7H2,1-2H3/i25T. The second-order valence-corrected chi connectivity index (χ2v) is 6.85. The highest BCUT2D eigenvalue weighted by atomic mass is 35.5. The molecule has 3 aromatic rings. The molecular weight excluding hydrogens is 391 g/mol. The molecule has 7 nitrogen and oxygen atoms in total. The maximum atomic E-state index is 13.1. The molecular formula is C18H14Cl2N4O3. The highest BCUT2D eigenvalue weighted by Gasteiger charge is 2.24. The van der Waals surface area contributed by atoms with Crippen molar-refractivity contribution in [2.45, 2.75) is 26.4 Å². The van der Waals surface area contributed by atoms with Crippen molar-refractivity contribution in [3.05, 3.63) is 61.5 Å². The maximum absolute atomic E-state index is 13.1. The summed E-state index contributed by atoms with van der Waals surface area (Å²) in [5.74, 6) is -0.624. The van der Waals surface area contributed by atoms with E-state index in [1.807, 2.05) is 13.8 Å². The van der Waals surface area contributed by atoms with Gasteiger partial charge in [-0.3, -0.25) is 14.3 Å². The summed E-state index contributed by atoms with van der Waals surface area (Å²) in [6.07, 6.45) is 1.55. The van der Waals surface area contributed by atoms with Gasteiger partial charge in [-0.1, -0.05) is 37.0 Å². The van der Waals surface area contributed by atoms with Crippen LogP contribution in [0.15, 0.2) is 23.1 Å². The second-order valence-electron chi connectivity index (χ2n) is 6.08. The van der Waals surface area contributed by atoms with Crippen LogP contribution in [0.5, 0.6) is 5.75 Å². The van der Waals surface area contributed by atoms with Gasteiger partial charge in [-0.2, -0.15) is 0 Å². The van der Waals surface area contributed by atoms with E-state index in [-0.39, 0.29) is 33.7 Å². The van der Waals surface area contributed by atoms with Gasteiger partial charge in [0.2, 0.25) is 1.43 Å². The Morgan fingerprint density at radius 1 is 1.44 bits per heavy atom. The van der Waals surface area contributed by atoms with Crippen molar-refractivity contribution in [3.8, 4) is 11.4 Å². The van der Waals surface area contributed by atoms with Gasteiger partial charge in [-0.05, 0) is 18.1 Å². The summed E-state index contributed by atoms with van der Waals surface area (Å²) < 4.78 is 8.29. The summed E-state index contributed by atoms with van der Waals surface area (Å²) in [6, 6.07) is 2.95. The molecule has 27 heavy (non-hydrogen) atoms. The number of aromatic hydroxyl groups is 1. The Balaban J connectivity index is 2.61. The minimum absolute atomic E-state index is 0.0189. The molecule has 3 rings (SSSR count). The molecule has 0 amide bonds. The number of halogens is 2. The van der Waals surface area contributed by atoms with Crippen molar-refractivity contribution >= 4 is 39.9 Å². The largest absolute Gasteiger partial charge is 0.518 e. The maximum Gasteiger partial charge on any atom is 0.292 e. The molecule has 0 aliphatic rings. The van der Waals surface area contributed by atoms with Crippen molar-refractivity contribution < 1.29 is 10.2 Å². The molecule has 0 saturated carbocycles. The SMILES string of the molecule is [3H]OCc1ccnc(C(C)C)c1-n1c(=O)c([N+]#[C-])c(O)c2cc(Cl)c(Cl)nc21. The van der Waals surface area contributed by atoms with Crippen LogP contribution in [0, 0.1) is 6.57 Å². The van der Waals surface area contributed by atoms with Gasteiger partial charge in [0, 0.05) is 11.8 Å². The number of aromatic nitrogens is 3. The Kier molecular flexibility index (Phi) is 4.70. The van der Waals surface area contributed by atoms with E-state index in [1.54, 1.807) is 12.3 Å². The summed E-state index contributed by atoms with van der Waals surface area (Å²) in [5, 5.41) is 15.1. The number of hydrogen-bond acceptors (Lipinski definition) is 5. The number of aliphatic hydroxyl groups is 1. The zero-order chi connectivity index (χ0) is 20.6. The average Bonchev–Trinajstić information content (AvgIpc) is 2.65. The number of nitrogens with zero attached hydrogens (tertiary/aromatic N) is 4. The molecule has 9 heteroatoms. The molecule has 0 fully saturated rings. The Morgan fingerprint density at radius 3 is 2.81 bits per heavy atom. The van der Waals surface area contributed by atoms with Crippen LogP contribution in [-0.4, -0.2) is 26.2 Å². The fourth-order valence-corrected chi connectivity index (χ4v) is 3.14. The molecule has 3 heterocycles. The third kappa shape index (κ3) is 3.02. The average molecular weight is 407 g/mol. The van der Waals surface area contributed by atoms with Gasteiger partial charge < -0.3 is 10.2 Å². The smallest absolute Gasteiger partial charge is 0.292 e. The number of pyridine rings is 3. The molecule has 0 bridgehead atoms. The van der Waals surface area contributed by atoms with E-state index in [0.717, 1.165) is 0 Å². The fourth-order valence-electron chi connectivity index (χ4n) is 2.85. The third-order valence-corrected chi connectivity index (χ3v) is 4.76. The van der Waals surface area contributed by atoms with Crippen LogP contribution in [-0.2, 0) is 6.61 Å². The van der Waals surface area contributed by atoms with E-state index in [2.05, 4.69) is 19.9 Å². The zero-order valence-corrected chi connectivity index (χ0v) is 15.8. The first-order valence-corrected chi connectivity index (χ1v) is 8.64. The normalized spacial score (nSPS) is 11.6. The summed E-state index contributed by atoms with van der Waals surface area (Å²) in [7, 11) is 0. The van der Waals surface area contributed by atoms with Crippen LogP contribution in [0.4, 0.5) is 5.69 Å². The van der Waals surface area contributed by atoms with Crippen LogP contribution in [0.2, 0.25) is 10.2 Å². The van der Waals surface area contributed by atoms with Crippen LogP contribution in [0.25, 0.3) is 21.6 Å². The Hall–Kier alpha value is -2.66. The number of aliphatic hydroxyl groups excluding tert-OH is 1. The first-order chi connectivity index (χ1) is 13.3. The van der Waals surface area contributed by atoms with Crippen LogP contribution in [0.1, 0.15) is 31.0 Å². The molecule has 138 valence electrons. The van der Waals surface area contributed by atoms with E-state index in [9.17, 15) is 9.90 Å². The van der Waals surface area contributed by atoms with Crippen molar-refractivity contribution in [3.63, 3.8) is 0 Å². The van der Waals surface area contributed by atoms with Crippen LogP contribution >= 0.6 is 23.2 Å². The highest BCUT2D eigenvalue weighted by Crippen LogP contribution is 2.37. The Bertz CT molecular complexity index is 1190. The van der Waals surface area contributed by atoms with E-state index in [4.69, 9.17) is 31.2 Å². The molecule has 0 aliphatic carbocycles. The molecule has 2 N–H and O–H groups in total. The van der Waals surface area contributed by atoms with E-state index in [1.165, 1.54) is 10.6 Å². The number of rotatable bonds is 4. The van der Waals surface area contributed by atoms with Gasteiger partial charge in [0.05, 0.1) is 35.0 Å². The van der Waals surface area contributed by atoms with Crippen LogP contribution in [0.3, 0.4) is 0 Å². The molecule has 0 aromatic carbocycles. The summed E-state index contributed by atoms with van der Waals surface area (Å²) in [4.78, 5) is 24.8. The predicted molar refractivity (Wildman–Crippen MR) is 103 cm³/mol. The third-order valence-electron chi connectivity index (χ3n) is 4.08. The molecule has 0 aliphatic heterocycles. The lowest BCUT2D eigenvalue weighted by molar-refractivity contribution is 0.281. The Labute approximate surface area is 165 Å². The molecule has 0 unspecified atom stereocenters. The van der Waals surface area contributed by atoms with Crippen molar-refractivity contribution in [1.82, 2.24) is 14.5 Å². The Morgan fingerprint density at radius 2 is 2.19 bits per heavy atom. The molecule has 0 spiro atoms. The summed E-state index contributed by atoms with van der Waals surface area (Å²) in [5.41, 5.74) is 0.107. The lowest BCUT2D eigenvalue weighted by Crippen LogP contribution is -2.23. The first kappa shape index (κ1) is 17.7. The van der Waals surface area contributed by atoms with Gasteiger partial charge in [-0.15, -0.1) is 0 Å². The van der Waals surface area contributed by atoms with Crippen molar-refractivity contribution in [2.24, 2.45) is 0 Å². The minimum atomic E-state index is -0.785. The fraction of sp³-hybridized carbons (Fsp3) is 0.222. The zero-order valence-electron chi connectivity index (χ0n) is 15.3. The van der Waals surface area contributed by atoms with Gasteiger partial charge >= 0.3 is 0 Å². The van der Waals surface area contributed by atoms with Crippen molar-refractivity contribution in [2.75, 3.05) is 0 Å². The second kappa shape index (κ2) is 7.16. The van der Waals surface area contributed by atoms with E-state index >= 15 is 0 Å². The lowest BCUT2D eigenvalue weighted by Gasteiger charge is -2.19. The topological polar surface area (TPSA) is 92.6 Å². The summed E-state index contributed by atoms with van der Waals surface area (Å²) in [6.45, 7) is 11.0. The van der Waals surface area contributed by atoms with Gasteiger partial charge in [0.15, 0.2) is 5.65 Å². The van der Waals surface area contributed by atoms with Gasteiger partial charge in [0.1, 0.15) is 10.9 Å². The lowest BCUT2D eigenvalue weighted by atomic mass is 10.0. The van der Waals surface area contributed by atoms with E-state index < -0.39 is 17.0 Å². The predicted octanol–water partition coefficient (Wildman–Crippen LogP) is 3.96. The monoisotopic (exact) mass is 406 g/mol. The first-order valence-electron chi connectivity index (χ1n) is 8.30. The number of fused-ring (bicyclic) bond motifs is 1. The number of hydrogen-bond donors (Lipinski definition) is 2. The molecule has 0 atom stereocenters. The molecule has 0 saturated heterocycles. The van der Waals surface area contributed by atoms with Crippen LogP contribution < -0.4 is 5.56 Å². The highest BCUT2D eigenvalue weighted by molar-refractivity contribution is 6.41. The van der Waals surface area contributed by atoms with Gasteiger partial charge in [0.25, 0.3) is 11.2 Å². The quantitative estimate of drug-likeness (QED) is 0.505.